The number of nitriles is 1. The van der Waals surface area contributed by atoms with Gasteiger partial charge in [0, 0.05) is 0 Å². The topological polar surface area (TPSA) is 105 Å². The minimum Gasteiger partial charge on any atom is -0.449 e. The van der Waals surface area contributed by atoms with Crippen molar-refractivity contribution in [3.05, 3.63) is 45.8 Å². The number of hydrogen-bond donors (Lipinski definition) is 2. The standard InChI is InChI=1S/C15H12ClN3O3S/c1-8(13(20)19-14-10(7-17)4-5-23-14)22-15(21)9-2-3-11(16)12(18)6-9/h2-6,8H,18H2,1H3,(H,19,20)/t8-/m1/s1. The molecule has 0 fully saturated rings. The van der Waals surface area contributed by atoms with Crippen molar-refractivity contribution in [2.75, 3.05) is 11.1 Å². The summed E-state index contributed by atoms with van der Waals surface area (Å²) in [4.78, 5) is 24.0. The normalized spacial score (nSPS) is 11.3. The van der Waals surface area contributed by atoms with Crippen LogP contribution in [0.5, 0.6) is 0 Å². The molecule has 0 bridgehead atoms. The van der Waals surface area contributed by atoms with Gasteiger partial charge in [0.2, 0.25) is 0 Å². The molecule has 118 valence electrons. The fourth-order valence-corrected chi connectivity index (χ4v) is 2.52. The summed E-state index contributed by atoms with van der Waals surface area (Å²) in [6.07, 6.45) is -1.03. The number of nitrogen functional groups attached to an aromatic ring is 1. The van der Waals surface area contributed by atoms with E-state index in [0.29, 0.717) is 15.6 Å². The first-order valence-electron chi connectivity index (χ1n) is 6.47. The molecule has 1 aromatic carbocycles. The molecule has 1 aromatic heterocycles. The smallest absolute Gasteiger partial charge is 0.338 e. The number of amides is 1. The predicted molar refractivity (Wildman–Crippen MR) is 88.4 cm³/mol. The zero-order valence-electron chi connectivity index (χ0n) is 12.0. The Morgan fingerprint density at radius 2 is 2.17 bits per heavy atom. The van der Waals surface area contributed by atoms with Gasteiger partial charge in [-0.05, 0) is 36.6 Å². The third-order valence-electron chi connectivity index (χ3n) is 2.91. The first-order valence-corrected chi connectivity index (χ1v) is 7.72. The van der Waals surface area contributed by atoms with Crippen LogP contribution in [-0.2, 0) is 9.53 Å². The molecule has 6 nitrogen and oxygen atoms in total. The highest BCUT2D eigenvalue weighted by molar-refractivity contribution is 7.14. The minimum atomic E-state index is -1.03. The average Bonchev–Trinajstić information content (AvgIpc) is 2.96. The van der Waals surface area contributed by atoms with Gasteiger partial charge in [-0.3, -0.25) is 4.79 Å². The number of carbonyl (C=O) groups excluding carboxylic acids is 2. The van der Waals surface area contributed by atoms with Crippen LogP contribution in [0.4, 0.5) is 10.7 Å². The lowest BCUT2D eigenvalue weighted by Crippen LogP contribution is -2.30. The molecule has 0 aliphatic rings. The van der Waals surface area contributed by atoms with Crippen LogP contribution in [-0.4, -0.2) is 18.0 Å². The number of benzene rings is 1. The van der Waals surface area contributed by atoms with Gasteiger partial charge in [-0.25, -0.2) is 4.79 Å². The zero-order valence-corrected chi connectivity index (χ0v) is 13.6. The molecule has 0 aliphatic heterocycles. The Kier molecular flexibility index (Phi) is 5.21. The van der Waals surface area contributed by atoms with Gasteiger partial charge in [-0.2, -0.15) is 5.26 Å². The van der Waals surface area contributed by atoms with Gasteiger partial charge in [-0.1, -0.05) is 11.6 Å². The summed E-state index contributed by atoms with van der Waals surface area (Å²) in [5.41, 5.74) is 6.42. The maximum Gasteiger partial charge on any atom is 0.338 e. The van der Waals surface area contributed by atoms with Crippen molar-refractivity contribution in [2.45, 2.75) is 13.0 Å². The van der Waals surface area contributed by atoms with E-state index < -0.39 is 18.0 Å². The molecular weight excluding hydrogens is 338 g/mol. The van der Waals surface area contributed by atoms with Crippen LogP contribution in [0.2, 0.25) is 5.02 Å². The Labute approximate surface area is 141 Å². The zero-order chi connectivity index (χ0) is 17.0. The number of anilines is 2. The molecule has 0 saturated heterocycles. The number of halogens is 1. The Hall–Kier alpha value is -2.56. The summed E-state index contributed by atoms with van der Waals surface area (Å²) in [5.74, 6) is -1.22. The summed E-state index contributed by atoms with van der Waals surface area (Å²) < 4.78 is 5.09. The van der Waals surface area contributed by atoms with Crippen molar-refractivity contribution in [1.82, 2.24) is 0 Å². The molecule has 0 spiro atoms. The van der Waals surface area contributed by atoms with Gasteiger partial charge in [0.1, 0.15) is 11.1 Å². The number of hydrogen-bond acceptors (Lipinski definition) is 6. The lowest BCUT2D eigenvalue weighted by atomic mass is 10.2. The summed E-state index contributed by atoms with van der Waals surface area (Å²) in [6.45, 7) is 1.44. The van der Waals surface area contributed by atoms with Crippen LogP contribution in [0, 0.1) is 11.3 Å². The number of rotatable bonds is 4. The molecule has 3 N–H and O–H groups in total. The number of thiophene rings is 1. The second-order valence-electron chi connectivity index (χ2n) is 4.55. The van der Waals surface area contributed by atoms with Crippen LogP contribution in [0.25, 0.3) is 0 Å². The number of esters is 1. The minimum absolute atomic E-state index is 0.195. The van der Waals surface area contributed by atoms with Crippen molar-refractivity contribution in [3.8, 4) is 6.07 Å². The predicted octanol–water partition coefficient (Wildman–Crippen LogP) is 3.04. The lowest BCUT2D eigenvalue weighted by molar-refractivity contribution is -0.123. The van der Waals surface area contributed by atoms with E-state index in [2.05, 4.69) is 5.32 Å². The Balaban J connectivity index is 2.01. The molecule has 2 rings (SSSR count). The second kappa shape index (κ2) is 7.13. The third-order valence-corrected chi connectivity index (χ3v) is 4.08. The van der Waals surface area contributed by atoms with E-state index >= 15 is 0 Å². The number of carbonyl (C=O) groups is 2. The van der Waals surface area contributed by atoms with Crippen LogP contribution >= 0.6 is 22.9 Å². The highest BCUT2D eigenvalue weighted by atomic mass is 35.5. The summed E-state index contributed by atoms with van der Waals surface area (Å²) in [6, 6.07) is 7.86. The van der Waals surface area contributed by atoms with E-state index in [1.807, 2.05) is 6.07 Å². The monoisotopic (exact) mass is 349 g/mol. The van der Waals surface area contributed by atoms with Crippen molar-refractivity contribution < 1.29 is 14.3 Å². The molecular formula is C15H12ClN3O3S. The van der Waals surface area contributed by atoms with Crippen LogP contribution in [0.15, 0.2) is 29.6 Å². The van der Waals surface area contributed by atoms with Crippen molar-refractivity contribution in [2.24, 2.45) is 0 Å². The summed E-state index contributed by atoms with van der Waals surface area (Å²) in [7, 11) is 0. The highest BCUT2D eigenvalue weighted by Gasteiger charge is 2.20. The molecule has 1 amide bonds. The van der Waals surface area contributed by atoms with Crippen LogP contribution in [0.1, 0.15) is 22.8 Å². The highest BCUT2D eigenvalue weighted by Crippen LogP contribution is 2.23. The number of nitrogens with two attached hydrogens (primary N) is 1. The fourth-order valence-electron chi connectivity index (χ4n) is 1.66. The summed E-state index contributed by atoms with van der Waals surface area (Å²) in [5, 5.41) is 13.9. The maximum absolute atomic E-state index is 12.0. The van der Waals surface area contributed by atoms with Crippen molar-refractivity contribution in [1.29, 1.82) is 5.26 Å². The van der Waals surface area contributed by atoms with E-state index in [1.54, 1.807) is 11.4 Å². The molecule has 2 aromatic rings. The van der Waals surface area contributed by atoms with Gasteiger partial charge in [0.25, 0.3) is 5.91 Å². The largest absolute Gasteiger partial charge is 0.449 e. The number of nitrogens with one attached hydrogen (secondary N) is 1. The first kappa shape index (κ1) is 16.8. The van der Waals surface area contributed by atoms with Gasteiger partial charge in [0.15, 0.2) is 6.10 Å². The van der Waals surface area contributed by atoms with Gasteiger partial charge < -0.3 is 15.8 Å². The van der Waals surface area contributed by atoms with E-state index in [1.165, 1.54) is 36.5 Å². The van der Waals surface area contributed by atoms with E-state index in [0.717, 1.165) is 0 Å². The van der Waals surface area contributed by atoms with Crippen LogP contribution < -0.4 is 11.1 Å². The van der Waals surface area contributed by atoms with Crippen LogP contribution in [0.3, 0.4) is 0 Å². The van der Waals surface area contributed by atoms with E-state index in [4.69, 9.17) is 27.3 Å². The van der Waals surface area contributed by atoms with Gasteiger partial charge in [0.05, 0.1) is 21.8 Å². The molecule has 8 heteroatoms. The molecule has 1 atom stereocenters. The average molecular weight is 350 g/mol. The maximum atomic E-state index is 12.0. The molecule has 0 aliphatic carbocycles. The quantitative estimate of drug-likeness (QED) is 0.652. The molecule has 0 unspecified atom stereocenters. The van der Waals surface area contributed by atoms with E-state index in [9.17, 15) is 9.59 Å². The first-order chi connectivity index (χ1) is 10.9. The third kappa shape index (κ3) is 4.00. The number of ether oxygens (including phenoxy) is 1. The van der Waals surface area contributed by atoms with Gasteiger partial charge >= 0.3 is 5.97 Å². The van der Waals surface area contributed by atoms with Gasteiger partial charge in [-0.15, -0.1) is 11.3 Å². The van der Waals surface area contributed by atoms with E-state index in [-0.39, 0.29) is 11.3 Å². The SMILES string of the molecule is C[C@@H](OC(=O)c1ccc(Cl)c(N)c1)C(=O)Nc1sccc1C#N. The Morgan fingerprint density at radius 3 is 2.83 bits per heavy atom. The molecule has 0 saturated carbocycles. The second-order valence-corrected chi connectivity index (χ2v) is 5.87. The Morgan fingerprint density at radius 1 is 1.43 bits per heavy atom. The molecule has 1 heterocycles. The summed E-state index contributed by atoms with van der Waals surface area (Å²) >= 11 is 7.00. The van der Waals surface area contributed by atoms with Crippen molar-refractivity contribution >= 4 is 45.5 Å². The molecule has 0 radical (unpaired) electrons. The molecule has 23 heavy (non-hydrogen) atoms. The lowest BCUT2D eigenvalue weighted by Gasteiger charge is -2.13. The fraction of sp³-hybridized carbons (Fsp3) is 0.133. The number of nitrogens with zero attached hydrogens (tertiary/aromatic N) is 1. The Bertz CT molecular complexity index is 798. The van der Waals surface area contributed by atoms with Crippen molar-refractivity contribution in [3.63, 3.8) is 0 Å².